The second kappa shape index (κ2) is 6.53. The number of aldehydes is 1. The van der Waals surface area contributed by atoms with Gasteiger partial charge in [0.15, 0.2) is 6.29 Å². The minimum absolute atomic E-state index is 0.183. The highest BCUT2D eigenvalue weighted by atomic mass is 35.5. The molecule has 2 heterocycles. The Kier molecular flexibility index (Phi) is 4.69. The summed E-state index contributed by atoms with van der Waals surface area (Å²) in [6.07, 6.45) is 1.88. The van der Waals surface area contributed by atoms with Crippen LogP contribution in [-0.2, 0) is 11.2 Å². The quantitative estimate of drug-likeness (QED) is 0.481. The van der Waals surface area contributed by atoms with E-state index in [4.69, 9.17) is 27.9 Å². The molecule has 6 heteroatoms. The lowest BCUT2D eigenvalue weighted by Crippen LogP contribution is -2.51. The Bertz CT molecular complexity index is 518. The molecule has 1 aromatic rings. The maximum Gasteiger partial charge on any atom is 0.152 e. The summed E-state index contributed by atoms with van der Waals surface area (Å²) in [4.78, 5) is 15.1. The molecule has 21 heavy (non-hydrogen) atoms. The number of piperazine rings is 1. The van der Waals surface area contributed by atoms with Crippen LogP contribution in [0.2, 0.25) is 5.02 Å². The molecule has 0 saturated carbocycles. The van der Waals surface area contributed by atoms with Gasteiger partial charge in [-0.3, -0.25) is 9.80 Å². The van der Waals surface area contributed by atoms with Crippen LogP contribution in [0.15, 0.2) is 18.2 Å². The topological polar surface area (TPSA) is 32.8 Å². The van der Waals surface area contributed by atoms with Crippen LogP contribution < -0.4 is 4.74 Å². The van der Waals surface area contributed by atoms with Gasteiger partial charge in [0.2, 0.25) is 0 Å². The minimum atomic E-state index is -0.499. The van der Waals surface area contributed by atoms with Gasteiger partial charge in [0.1, 0.15) is 17.4 Å². The van der Waals surface area contributed by atoms with E-state index in [1.807, 2.05) is 23.1 Å². The summed E-state index contributed by atoms with van der Waals surface area (Å²) in [6, 6.07) is 5.79. The zero-order valence-corrected chi connectivity index (χ0v) is 13.2. The summed E-state index contributed by atoms with van der Waals surface area (Å²) >= 11 is 11.9. The van der Waals surface area contributed by atoms with Crippen molar-refractivity contribution in [2.75, 3.05) is 32.7 Å². The molecular formula is C15H18Cl2N2O2. The Morgan fingerprint density at radius 2 is 2.10 bits per heavy atom. The number of halogens is 2. The highest BCUT2D eigenvalue weighted by Crippen LogP contribution is 2.31. The number of fused-ring (bicyclic) bond motifs is 1. The SMILES string of the molecule is O=CC(Cl)N1CCN(CC2Cc3cc(Cl)ccc3O2)CC1. The molecular weight excluding hydrogens is 311 g/mol. The molecule has 1 aromatic carbocycles. The van der Waals surface area contributed by atoms with Crippen LogP contribution in [0.5, 0.6) is 5.75 Å². The molecule has 2 unspecified atom stereocenters. The van der Waals surface area contributed by atoms with Crippen LogP contribution in [-0.4, -0.2) is 60.4 Å². The smallest absolute Gasteiger partial charge is 0.152 e. The van der Waals surface area contributed by atoms with E-state index in [1.54, 1.807) is 0 Å². The summed E-state index contributed by atoms with van der Waals surface area (Å²) < 4.78 is 5.96. The number of carbonyl (C=O) groups excluding carboxylic acids is 1. The van der Waals surface area contributed by atoms with E-state index in [0.717, 1.165) is 56.2 Å². The lowest BCUT2D eigenvalue weighted by Gasteiger charge is -2.36. The van der Waals surface area contributed by atoms with Crippen molar-refractivity contribution in [3.8, 4) is 5.75 Å². The van der Waals surface area contributed by atoms with E-state index < -0.39 is 5.50 Å². The van der Waals surface area contributed by atoms with Crippen molar-refractivity contribution in [2.45, 2.75) is 18.0 Å². The van der Waals surface area contributed by atoms with Gasteiger partial charge in [-0.2, -0.15) is 0 Å². The number of hydrogen-bond acceptors (Lipinski definition) is 4. The zero-order valence-electron chi connectivity index (χ0n) is 11.7. The standard InChI is InChI=1S/C15H18Cl2N2O2/c16-12-1-2-14-11(7-12)8-13(21-14)9-18-3-5-19(6-4-18)15(17)10-20/h1-2,7,10,13,15H,3-6,8-9H2. The Morgan fingerprint density at radius 3 is 2.81 bits per heavy atom. The number of benzene rings is 1. The Hall–Kier alpha value is -0.810. The van der Waals surface area contributed by atoms with Crippen molar-refractivity contribution in [3.63, 3.8) is 0 Å². The van der Waals surface area contributed by atoms with Crippen molar-refractivity contribution in [3.05, 3.63) is 28.8 Å². The largest absolute Gasteiger partial charge is 0.488 e. The van der Waals surface area contributed by atoms with E-state index in [-0.39, 0.29) is 6.10 Å². The highest BCUT2D eigenvalue weighted by Gasteiger charge is 2.28. The zero-order chi connectivity index (χ0) is 14.8. The van der Waals surface area contributed by atoms with Gasteiger partial charge in [0.25, 0.3) is 0 Å². The van der Waals surface area contributed by atoms with Gasteiger partial charge in [-0.25, -0.2) is 0 Å². The van der Waals surface area contributed by atoms with Crippen molar-refractivity contribution < 1.29 is 9.53 Å². The van der Waals surface area contributed by atoms with Gasteiger partial charge in [-0.05, 0) is 23.8 Å². The summed E-state index contributed by atoms with van der Waals surface area (Å²) in [7, 11) is 0. The van der Waals surface area contributed by atoms with Crippen molar-refractivity contribution in [2.24, 2.45) is 0 Å². The lowest BCUT2D eigenvalue weighted by molar-refractivity contribution is -0.110. The van der Waals surface area contributed by atoms with Crippen LogP contribution in [0.1, 0.15) is 5.56 Å². The summed E-state index contributed by atoms with van der Waals surface area (Å²) in [5.74, 6) is 0.949. The van der Waals surface area contributed by atoms with Crippen LogP contribution in [0.25, 0.3) is 0 Å². The molecule has 0 radical (unpaired) electrons. The van der Waals surface area contributed by atoms with Crippen LogP contribution >= 0.6 is 23.2 Å². The normalized spacial score (nSPS) is 24.4. The monoisotopic (exact) mass is 328 g/mol. The first kappa shape index (κ1) is 15.1. The molecule has 0 amide bonds. The molecule has 0 bridgehead atoms. The van der Waals surface area contributed by atoms with E-state index in [9.17, 15) is 4.79 Å². The van der Waals surface area contributed by atoms with Crippen molar-refractivity contribution >= 4 is 29.5 Å². The van der Waals surface area contributed by atoms with Crippen molar-refractivity contribution in [1.82, 2.24) is 9.80 Å². The predicted octanol–water partition coefficient (Wildman–Crippen LogP) is 2.02. The lowest BCUT2D eigenvalue weighted by atomic mass is 10.1. The molecule has 2 aliphatic heterocycles. The first-order valence-electron chi connectivity index (χ1n) is 7.16. The van der Waals surface area contributed by atoms with E-state index in [0.29, 0.717) is 0 Å². The Labute approximate surface area is 134 Å². The maximum absolute atomic E-state index is 10.7. The maximum atomic E-state index is 10.7. The molecule has 0 aliphatic carbocycles. The first-order valence-corrected chi connectivity index (χ1v) is 7.98. The summed E-state index contributed by atoms with van der Waals surface area (Å²) in [5, 5.41) is 0.758. The molecule has 0 N–H and O–H groups in total. The highest BCUT2D eigenvalue weighted by molar-refractivity contribution is 6.30. The number of alkyl halides is 1. The molecule has 2 atom stereocenters. The average Bonchev–Trinajstić information content (AvgIpc) is 2.88. The van der Waals surface area contributed by atoms with Crippen LogP contribution in [0.3, 0.4) is 0 Å². The van der Waals surface area contributed by atoms with Crippen LogP contribution in [0, 0.1) is 0 Å². The second-order valence-electron chi connectivity index (χ2n) is 5.54. The van der Waals surface area contributed by atoms with Gasteiger partial charge < -0.3 is 9.53 Å². The van der Waals surface area contributed by atoms with E-state index >= 15 is 0 Å². The van der Waals surface area contributed by atoms with Crippen molar-refractivity contribution in [1.29, 1.82) is 0 Å². The van der Waals surface area contributed by atoms with Gasteiger partial charge in [0.05, 0.1) is 0 Å². The first-order chi connectivity index (χ1) is 10.2. The fourth-order valence-electron chi connectivity index (χ4n) is 2.96. The molecule has 3 rings (SSSR count). The molecule has 2 aliphatic rings. The third-order valence-electron chi connectivity index (χ3n) is 4.09. The third-order valence-corrected chi connectivity index (χ3v) is 4.71. The predicted molar refractivity (Wildman–Crippen MR) is 83.3 cm³/mol. The number of hydrogen-bond donors (Lipinski definition) is 0. The third kappa shape index (κ3) is 3.51. The summed E-state index contributed by atoms with van der Waals surface area (Å²) in [6.45, 7) is 4.35. The van der Waals surface area contributed by atoms with Gasteiger partial charge in [0, 0.05) is 44.2 Å². The fraction of sp³-hybridized carbons (Fsp3) is 0.533. The Morgan fingerprint density at radius 1 is 1.33 bits per heavy atom. The number of carbonyl (C=O) groups is 1. The van der Waals surface area contributed by atoms with Gasteiger partial charge >= 0.3 is 0 Å². The number of ether oxygens (including phenoxy) is 1. The van der Waals surface area contributed by atoms with E-state index in [2.05, 4.69) is 4.90 Å². The number of rotatable bonds is 4. The van der Waals surface area contributed by atoms with E-state index in [1.165, 1.54) is 5.56 Å². The molecule has 4 nitrogen and oxygen atoms in total. The van der Waals surface area contributed by atoms with Crippen LogP contribution in [0.4, 0.5) is 0 Å². The van der Waals surface area contributed by atoms with Gasteiger partial charge in [-0.1, -0.05) is 23.2 Å². The molecule has 0 aromatic heterocycles. The second-order valence-corrected chi connectivity index (χ2v) is 6.42. The number of nitrogens with zero attached hydrogens (tertiary/aromatic N) is 2. The minimum Gasteiger partial charge on any atom is -0.488 e. The Balaban J connectivity index is 1.50. The fourth-order valence-corrected chi connectivity index (χ4v) is 3.35. The van der Waals surface area contributed by atoms with Gasteiger partial charge in [-0.15, -0.1) is 0 Å². The molecule has 114 valence electrons. The average molecular weight is 329 g/mol. The molecule has 1 saturated heterocycles. The summed E-state index contributed by atoms with van der Waals surface area (Å²) in [5.41, 5.74) is 0.689. The molecule has 0 spiro atoms. The molecule has 1 fully saturated rings.